The minimum Gasteiger partial charge on any atom is -0.391 e. The van der Waals surface area contributed by atoms with E-state index in [-0.39, 0.29) is 18.0 Å². The van der Waals surface area contributed by atoms with Crippen molar-refractivity contribution in [3.63, 3.8) is 0 Å². The fourth-order valence-electron chi connectivity index (χ4n) is 1.68. The van der Waals surface area contributed by atoms with E-state index in [4.69, 9.17) is 5.73 Å². The molecule has 20 heavy (non-hydrogen) atoms. The van der Waals surface area contributed by atoms with Gasteiger partial charge in [-0.25, -0.2) is 8.78 Å². The molecule has 104 valence electrons. The first-order chi connectivity index (χ1) is 9.49. The molecule has 0 aliphatic rings. The Balaban J connectivity index is 2.16. The number of nitro benzene ring substituents is 1. The summed E-state index contributed by atoms with van der Waals surface area (Å²) in [7, 11) is 0. The SMILES string of the molecule is Nc1c([N+](=O)[O-])ccc(NCc2ccc(F)cc2)c1F. The number of halogens is 2. The maximum atomic E-state index is 13.8. The highest BCUT2D eigenvalue weighted by molar-refractivity contribution is 5.67. The lowest BCUT2D eigenvalue weighted by Crippen LogP contribution is -2.05. The van der Waals surface area contributed by atoms with Gasteiger partial charge < -0.3 is 11.1 Å². The van der Waals surface area contributed by atoms with E-state index in [1.807, 2.05) is 0 Å². The number of hydrogen-bond acceptors (Lipinski definition) is 4. The molecule has 0 unspecified atom stereocenters. The molecule has 0 spiro atoms. The number of nitrogens with zero attached hydrogens (tertiary/aromatic N) is 1. The number of nitro groups is 1. The van der Waals surface area contributed by atoms with Crippen LogP contribution in [0.1, 0.15) is 5.56 Å². The topological polar surface area (TPSA) is 81.2 Å². The van der Waals surface area contributed by atoms with Gasteiger partial charge in [-0.15, -0.1) is 0 Å². The van der Waals surface area contributed by atoms with Crippen LogP contribution in [-0.4, -0.2) is 4.92 Å². The second-order valence-electron chi connectivity index (χ2n) is 4.10. The highest BCUT2D eigenvalue weighted by atomic mass is 19.1. The molecular formula is C13H11F2N3O2. The standard InChI is InChI=1S/C13H11F2N3O2/c14-9-3-1-8(2-4-9)7-17-10-5-6-11(18(19)20)13(16)12(10)15/h1-6,17H,7,16H2. The molecule has 0 aliphatic carbocycles. The molecule has 0 bridgehead atoms. The molecule has 0 amide bonds. The van der Waals surface area contributed by atoms with Crippen molar-refractivity contribution in [2.45, 2.75) is 6.54 Å². The van der Waals surface area contributed by atoms with Gasteiger partial charge >= 0.3 is 0 Å². The summed E-state index contributed by atoms with van der Waals surface area (Å²) in [6.07, 6.45) is 0. The third kappa shape index (κ3) is 2.82. The zero-order valence-electron chi connectivity index (χ0n) is 10.3. The average molecular weight is 279 g/mol. The Morgan fingerprint density at radius 2 is 1.80 bits per heavy atom. The smallest absolute Gasteiger partial charge is 0.295 e. The van der Waals surface area contributed by atoms with Gasteiger partial charge in [0.15, 0.2) is 5.82 Å². The minimum absolute atomic E-state index is 0.0532. The van der Waals surface area contributed by atoms with E-state index >= 15 is 0 Å². The van der Waals surface area contributed by atoms with Crippen LogP contribution in [0.25, 0.3) is 0 Å². The molecule has 0 saturated carbocycles. The predicted octanol–water partition coefficient (Wildman–Crippen LogP) is 3.07. The molecule has 0 aromatic heterocycles. The molecule has 2 aromatic rings. The van der Waals surface area contributed by atoms with E-state index in [1.165, 1.54) is 18.2 Å². The van der Waals surface area contributed by atoms with Gasteiger partial charge in [-0.3, -0.25) is 10.1 Å². The van der Waals surface area contributed by atoms with E-state index in [0.717, 1.165) is 11.6 Å². The van der Waals surface area contributed by atoms with Crippen LogP contribution in [0.5, 0.6) is 0 Å². The van der Waals surface area contributed by atoms with Crippen molar-refractivity contribution in [1.29, 1.82) is 0 Å². The fourth-order valence-corrected chi connectivity index (χ4v) is 1.68. The quantitative estimate of drug-likeness (QED) is 0.512. The Morgan fingerprint density at radius 1 is 1.15 bits per heavy atom. The van der Waals surface area contributed by atoms with Crippen molar-refractivity contribution in [3.05, 3.63) is 63.7 Å². The molecule has 5 nitrogen and oxygen atoms in total. The Morgan fingerprint density at radius 3 is 2.40 bits per heavy atom. The lowest BCUT2D eigenvalue weighted by Gasteiger charge is -2.09. The summed E-state index contributed by atoms with van der Waals surface area (Å²) in [5.74, 6) is -1.24. The number of rotatable bonds is 4. The van der Waals surface area contributed by atoms with Gasteiger partial charge in [0.05, 0.1) is 10.6 Å². The number of nitrogen functional groups attached to an aromatic ring is 1. The monoisotopic (exact) mass is 279 g/mol. The molecule has 0 fully saturated rings. The molecule has 7 heteroatoms. The van der Waals surface area contributed by atoms with Crippen molar-refractivity contribution in [3.8, 4) is 0 Å². The Labute approximate surface area is 113 Å². The lowest BCUT2D eigenvalue weighted by molar-refractivity contribution is -0.384. The van der Waals surface area contributed by atoms with Crippen LogP contribution >= 0.6 is 0 Å². The number of nitrogens with two attached hydrogens (primary N) is 1. The second-order valence-corrected chi connectivity index (χ2v) is 4.10. The van der Waals surface area contributed by atoms with Crippen LogP contribution in [0, 0.1) is 21.7 Å². The molecule has 3 N–H and O–H groups in total. The van der Waals surface area contributed by atoms with Gasteiger partial charge in [-0.1, -0.05) is 12.1 Å². The number of nitrogens with one attached hydrogen (secondary N) is 1. The highest BCUT2D eigenvalue weighted by Gasteiger charge is 2.18. The molecule has 0 radical (unpaired) electrons. The Kier molecular flexibility index (Phi) is 3.79. The maximum absolute atomic E-state index is 13.8. The summed E-state index contributed by atoms with van der Waals surface area (Å²) in [6.45, 7) is 0.244. The third-order valence-electron chi connectivity index (χ3n) is 2.75. The zero-order chi connectivity index (χ0) is 14.7. The number of anilines is 2. The second kappa shape index (κ2) is 5.52. The van der Waals surface area contributed by atoms with Crippen LogP contribution < -0.4 is 11.1 Å². The third-order valence-corrected chi connectivity index (χ3v) is 2.75. The first-order valence-corrected chi connectivity index (χ1v) is 5.69. The summed E-state index contributed by atoms with van der Waals surface area (Å²) >= 11 is 0. The summed E-state index contributed by atoms with van der Waals surface area (Å²) in [5, 5.41) is 13.4. The van der Waals surface area contributed by atoms with Crippen molar-refractivity contribution in [2.24, 2.45) is 0 Å². The van der Waals surface area contributed by atoms with Gasteiger partial charge in [-0.2, -0.15) is 0 Å². The van der Waals surface area contributed by atoms with Gasteiger partial charge in [-0.05, 0) is 23.8 Å². The van der Waals surface area contributed by atoms with Crippen molar-refractivity contribution in [1.82, 2.24) is 0 Å². The molecule has 2 rings (SSSR count). The first kappa shape index (κ1) is 13.7. The number of hydrogen-bond donors (Lipinski definition) is 2. The van der Waals surface area contributed by atoms with E-state index in [9.17, 15) is 18.9 Å². The van der Waals surface area contributed by atoms with E-state index < -0.39 is 22.1 Å². The van der Waals surface area contributed by atoms with E-state index in [2.05, 4.69) is 5.32 Å². The Bertz CT molecular complexity index is 645. The molecule has 0 saturated heterocycles. The highest BCUT2D eigenvalue weighted by Crippen LogP contribution is 2.29. The summed E-state index contributed by atoms with van der Waals surface area (Å²) in [4.78, 5) is 9.85. The van der Waals surface area contributed by atoms with Gasteiger partial charge in [0, 0.05) is 12.6 Å². The minimum atomic E-state index is -0.874. The van der Waals surface area contributed by atoms with Crippen molar-refractivity contribution in [2.75, 3.05) is 11.1 Å². The van der Waals surface area contributed by atoms with E-state index in [1.54, 1.807) is 12.1 Å². The molecular weight excluding hydrogens is 268 g/mol. The molecule has 0 atom stereocenters. The summed E-state index contributed by atoms with van der Waals surface area (Å²) in [5.41, 5.74) is 5.17. The number of benzene rings is 2. The zero-order valence-corrected chi connectivity index (χ0v) is 10.3. The Hall–Kier alpha value is -2.70. The predicted molar refractivity (Wildman–Crippen MR) is 71.2 cm³/mol. The van der Waals surface area contributed by atoms with Gasteiger partial charge in [0.2, 0.25) is 0 Å². The summed E-state index contributed by atoms with van der Waals surface area (Å²) in [6, 6.07) is 8.05. The summed E-state index contributed by atoms with van der Waals surface area (Å²) < 4.78 is 26.6. The van der Waals surface area contributed by atoms with Gasteiger partial charge in [0.1, 0.15) is 11.5 Å². The average Bonchev–Trinajstić information content (AvgIpc) is 2.42. The van der Waals surface area contributed by atoms with Crippen LogP contribution in [0.3, 0.4) is 0 Å². The molecule has 0 heterocycles. The van der Waals surface area contributed by atoms with Crippen LogP contribution in [-0.2, 0) is 6.54 Å². The molecule has 2 aromatic carbocycles. The normalized spacial score (nSPS) is 10.3. The molecule has 0 aliphatic heterocycles. The first-order valence-electron chi connectivity index (χ1n) is 5.69. The van der Waals surface area contributed by atoms with Crippen molar-refractivity contribution >= 4 is 17.1 Å². The van der Waals surface area contributed by atoms with Crippen LogP contribution in [0.2, 0.25) is 0 Å². The van der Waals surface area contributed by atoms with Crippen LogP contribution in [0.15, 0.2) is 36.4 Å². The maximum Gasteiger partial charge on any atom is 0.295 e. The lowest BCUT2D eigenvalue weighted by atomic mass is 10.2. The van der Waals surface area contributed by atoms with Crippen molar-refractivity contribution < 1.29 is 13.7 Å². The fraction of sp³-hybridized carbons (Fsp3) is 0.0769. The van der Waals surface area contributed by atoms with E-state index in [0.29, 0.717) is 0 Å². The largest absolute Gasteiger partial charge is 0.391 e. The van der Waals surface area contributed by atoms with Crippen LogP contribution in [0.4, 0.5) is 25.8 Å². The van der Waals surface area contributed by atoms with Gasteiger partial charge in [0.25, 0.3) is 5.69 Å².